The molecule has 78 valence electrons. The van der Waals surface area contributed by atoms with E-state index in [0.29, 0.717) is 29.7 Å². The fourth-order valence-electron chi connectivity index (χ4n) is 1.02. The third kappa shape index (κ3) is 3.44. The second-order valence-electron chi connectivity index (χ2n) is 2.88. The summed E-state index contributed by atoms with van der Waals surface area (Å²) < 4.78 is 10.3. The summed E-state index contributed by atoms with van der Waals surface area (Å²) in [6.45, 7) is 1.26. The Hall–Kier alpha value is -0.930. The average Bonchev–Trinajstić information content (AvgIpc) is 2.18. The van der Waals surface area contributed by atoms with E-state index < -0.39 is 0 Å². The minimum Gasteiger partial charge on any atom is -0.492 e. The van der Waals surface area contributed by atoms with Gasteiger partial charge in [0.1, 0.15) is 5.75 Å². The zero-order chi connectivity index (χ0) is 10.4. The molecule has 0 bridgehead atoms. The van der Waals surface area contributed by atoms with Crippen LogP contribution in [0.3, 0.4) is 0 Å². The Balaban J connectivity index is 2.45. The smallest absolute Gasteiger partial charge is 0.139 e. The van der Waals surface area contributed by atoms with E-state index in [2.05, 4.69) is 0 Å². The van der Waals surface area contributed by atoms with E-state index in [9.17, 15) is 0 Å². The van der Waals surface area contributed by atoms with Gasteiger partial charge in [-0.2, -0.15) is 0 Å². The Labute approximate surface area is 88.8 Å². The topological polar surface area (TPSA) is 44.5 Å². The number of nitrogens with two attached hydrogens (primary N) is 1. The molecule has 0 fully saturated rings. The molecule has 1 aromatic carbocycles. The molecule has 3 nitrogen and oxygen atoms in total. The first-order valence-corrected chi connectivity index (χ1v) is 4.78. The van der Waals surface area contributed by atoms with E-state index in [1.54, 1.807) is 25.3 Å². The van der Waals surface area contributed by atoms with Crippen molar-refractivity contribution in [1.29, 1.82) is 0 Å². The van der Waals surface area contributed by atoms with Gasteiger partial charge in [0.2, 0.25) is 0 Å². The third-order valence-corrected chi connectivity index (χ3v) is 2.02. The Kier molecular flexibility index (Phi) is 4.56. The van der Waals surface area contributed by atoms with Crippen LogP contribution < -0.4 is 10.5 Å². The molecule has 0 aliphatic rings. The molecule has 0 atom stereocenters. The van der Waals surface area contributed by atoms with Crippen molar-refractivity contribution in [3.05, 3.63) is 23.2 Å². The summed E-state index contributed by atoms with van der Waals surface area (Å²) in [7, 11) is 1.66. The van der Waals surface area contributed by atoms with Crippen molar-refractivity contribution < 1.29 is 9.47 Å². The molecule has 4 heteroatoms. The Morgan fingerprint density at radius 1 is 1.36 bits per heavy atom. The van der Waals surface area contributed by atoms with Gasteiger partial charge in [-0.15, -0.1) is 0 Å². The molecule has 0 aliphatic carbocycles. The lowest BCUT2D eigenvalue weighted by Gasteiger charge is -2.08. The maximum absolute atomic E-state index is 5.90. The predicted molar refractivity (Wildman–Crippen MR) is 57.9 cm³/mol. The molecule has 0 unspecified atom stereocenters. The van der Waals surface area contributed by atoms with Crippen molar-refractivity contribution >= 4 is 17.3 Å². The molecule has 0 saturated heterocycles. The molecule has 2 N–H and O–H groups in total. The van der Waals surface area contributed by atoms with Gasteiger partial charge in [0.25, 0.3) is 0 Å². The van der Waals surface area contributed by atoms with Gasteiger partial charge >= 0.3 is 0 Å². The number of rotatable bonds is 5. The number of ether oxygens (including phenoxy) is 2. The Bertz CT molecular complexity index is 291. The zero-order valence-corrected chi connectivity index (χ0v) is 8.88. The van der Waals surface area contributed by atoms with Gasteiger partial charge in [-0.05, 0) is 12.1 Å². The maximum atomic E-state index is 5.90. The standard InChI is InChI=1S/C10H14ClNO2/c1-13-5-2-6-14-10-7-8(12)3-4-9(10)11/h3-4,7H,2,5-6,12H2,1H3. The summed E-state index contributed by atoms with van der Waals surface area (Å²) in [5.41, 5.74) is 6.24. The summed E-state index contributed by atoms with van der Waals surface area (Å²) >= 11 is 5.90. The SMILES string of the molecule is COCCCOc1cc(N)ccc1Cl. The fourth-order valence-corrected chi connectivity index (χ4v) is 1.19. The minimum absolute atomic E-state index is 0.580. The molecule has 0 saturated carbocycles. The number of methoxy groups -OCH3 is 1. The van der Waals surface area contributed by atoms with Crippen molar-refractivity contribution in [2.45, 2.75) is 6.42 Å². The van der Waals surface area contributed by atoms with Crippen molar-refractivity contribution in [2.24, 2.45) is 0 Å². The zero-order valence-electron chi connectivity index (χ0n) is 8.13. The van der Waals surface area contributed by atoms with Gasteiger partial charge in [-0.3, -0.25) is 0 Å². The number of hydrogen-bond acceptors (Lipinski definition) is 3. The minimum atomic E-state index is 0.580. The van der Waals surface area contributed by atoms with Crippen LogP contribution in [-0.4, -0.2) is 20.3 Å². The summed E-state index contributed by atoms with van der Waals surface area (Å²) in [6.07, 6.45) is 0.835. The van der Waals surface area contributed by atoms with E-state index in [0.717, 1.165) is 6.42 Å². The van der Waals surface area contributed by atoms with Gasteiger partial charge in [-0.1, -0.05) is 11.6 Å². The molecule has 1 rings (SSSR count). The van der Waals surface area contributed by atoms with Gasteiger partial charge in [0.05, 0.1) is 11.6 Å². The van der Waals surface area contributed by atoms with Crippen molar-refractivity contribution in [3.8, 4) is 5.75 Å². The average molecular weight is 216 g/mol. The lowest BCUT2D eigenvalue weighted by atomic mass is 10.3. The molecule has 0 radical (unpaired) electrons. The number of halogens is 1. The highest BCUT2D eigenvalue weighted by atomic mass is 35.5. The quantitative estimate of drug-likeness (QED) is 0.606. The summed E-state index contributed by atoms with van der Waals surface area (Å²) in [4.78, 5) is 0. The van der Waals surface area contributed by atoms with Crippen LogP contribution >= 0.6 is 11.6 Å². The molecule has 0 amide bonds. The van der Waals surface area contributed by atoms with Crippen LogP contribution in [0, 0.1) is 0 Å². The highest BCUT2D eigenvalue weighted by Crippen LogP contribution is 2.26. The number of benzene rings is 1. The molecular formula is C10H14ClNO2. The summed E-state index contributed by atoms with van der Waals surface area (Å²) in [5.74, 6) is 0.628. The molecule has 0 aromatic heterocycles. The second kappa shape index (κ2) is 5.73. The monoisotopic (exact) mass is 215 g/mol. The molecule has 0 spiro atoms. The van der Waals surface area contributed by atoms with Crippen molar-refractivity contribution in [1.82, 2.24) is 0 Å². The molecule has 1 aromatic rings. The summed E-state index contributed by atoms with van der Waals surface area (Å²) in [6, 6.07) is 5.18. The highest BCUT2D eigenvalue weighted by molar-refractivity contribution is 6.32. The normalized spacial score (nSPS) is 10.1. The Morgan fingerprint density at radius 2 is 2.14 bits per heavy atom. The van der Waals surface area contributed by atoms with Crippen LogP contribution in [0.5, 0.6) is 5.75 Å². The van der Waals surface area contributed by atoms with E-state index in [1.807, 2.05) is 0 Å². The molecule has 0 aliphatic heterocycles. The van der Waals surface area contributed by atoms with E-state index >= 15 is 0 Å². The van der Waals surface area contributed by atoms with Crippen molar-refractivity contribution in [2.75, 3.05) is 26.1 Å². The number of nitrogen functional groups attached to an aromatic ring is 1. The number of anilines is 1. The van der Waals surface area contributed by atoms with Crippen LogP contribution in [0.15, 0.2) is 18.2 Å². The van der Waals surface area contributed by atoms with Crippen LogP contribution in [0.25, 0.3) is 0 Å². The molecular weight excluding hydrogens is 202 g/mol. The van der Waals surface area contributed by atoms with E-state index in [-0.39, 0.29) is 0 Å². The van der Waals surface area contributed by atoms with Crippen LogP contribution in [0.4, 0.5) is 5.69 Å². The van der Waals surface area contributed by atoms with E-state index in [4.69, 9.17) is 26.8 Å². The number of hydrogen-bond donors (Lipinski definition) is 1. The maximum Gasteiger partial charge on any atom is 0.139 e. The third-order valence-electron chi connectivity index (χ3n) is 1.71. The highest BCUT2D eigenvalue weighted by Gasteiger charge is 2.01. The van der Waals surface area contributed by atoms with Crippen LogP contribution in [0.2, 0.25) is 5.02 Å². The first-order chi connectivity index (χ1) is 6.74. The Morgan fingerprint density at radius 3 is 2.86 bits per heavy atom. The fraction of sp³-hybridized carbons (Fsp3) is 0.400. The van der Waals surface area contributed by atoms with E-state index in [1.165, 1.54) is 0 Å². The molecule has 0 heterocycles. The predicted octanol–water partition coefficient (Wildman–Crippen LogP) is 2.34. The lowest BCUT2D eigenvalue weighted by Crippen LogP contribution is -2.02. The van der Waals surface area contributed by atoms with Crippen LogP contribution in [-0.2, 0) is 4.74 Å². The van der Waals surface area contributed by atoms with Crippen LogP contribution in [0.1, 0.15) is 6.42 Å². The van der Waals surface area contributed by atoms with Gasteiger partial charge in [-0.25, -0.2) is 0 Å². The van der Waals surface area contributed by atoms with Gasteiger partial charge in [0.15, 0.2) is 0 Å². The second-order valence-corrected chi connectivity index (χ2v) is 3.29. The first-order valence-electron chi connectivity index (χ1n) is 4.41. The van der Waals surface area contributed by atoms with Crippen molar-refractivity contribution in [3.63, 3.8) is 0 Å². The largest absolute Gasteiger partial charge is 0.492 e. The first kappa shape index (κ1) is 11.1. The summed E-state index contributed by atoms with van der Waals surface area (Å²) in [5, 5.41) is 0.580. The lowest BCUT2D eigenvalue weighted by molar-refractivity contribution is 0.172. The molecule has 14 heavy (non-hydrogen) atoms. The van der Waals surface area contributed by atoms with Gasteiger partial charge in [0, 0.05) is 31.9 Å². The van der Waals surface area contributed by atoms with Gasteiger partial charge < -0.3 is 15.2 Å².